The van der Waals surface area contributed by atoms with Crippen molar-refractivity contribution >= 4 is 17.4 Å². The molecule has 5 aromatic rings. The first-order valence-corrected chi connectivity index (χ1v) is 10.8. The number of rotatable bonds is 6. The van der Waals surface area contributed by atoms with Crippen molar-refractivity contribution in [2.45, 2.75) is 24.4 Å². The van der Waals surface area contributed by atoms with Gasteiger partial charge in [-0.15, -0.1) is 10.2 Å². The number of fused-ring (bicyclic) bond motifs is 1. The van der Waals surface area contributed by atoms with E-state index in [1.165, 1.54) is 11.8 Å². The molecule has 154 valence electrons. The smallest absolute Gasteiger partial charge is 0.258 e. The number of pyridine rings is 1. The molecule has 7 nitrogen and oxygen atoms in total. The van der Waals surface area contributed by atoms with Crippen LogP contribution in [0.15, 0.2) is 87.5 Å². The van der Waals surface area contributed by atoms with Crippen LogP contribution in [0.25, 0.3) is 17.2 Å². The average molecular weight is 430 g/mol. The summed E-state index contributed by atoms with van der Waals surface area (Å²) in [7, 11) is 0. The lowest BCUT2D eigenvalue weighted by Crippen LogP contribution is -2.15. The molecule has 0 bridgehead atoms. The summed E-state index contributed by atoms with van der Waals surface area (Å²) < 4.78 is 9.13. The van der Waals surface area contributed by atoms with Crippen LogP contribution in [0.2, 0.25) is 0 Å². The summed E-state index contributed by atoms with van der Waals surface area (Å²) in [5.74, 6) is 1.83. The Kier molecular flexibility index (Phi) is 5.13. The van der Waals surface area contributed by atoms with E-state index in [1.807, 2.05) is 54.0 Å². The van der Waals surface area contributed by atoms with Gasteiger partial charge in [0.15, 0.2) is 10.9 Å². The van der Waals surface area contributed by atoms with Gasteiger partial charge in [-0.2, -0.15) is 0 Å². The fraction of sp³-hybridized carbons (Fsp3) is 0.130. The van der Waals surface area contributed by atoms with Crippen LogP contribution in [0, 0.1) is 6.92 Å². The summed E-state index contributed by atoms with van der Waals surface area (Å²) in [5, 5.41) is 9.48. The number of thioether (sulfide) groups is 1. The largest absolute Gasteiger partial charge is 0.461 e. The highest BCUT2D eigenvalue weighted by Crippen LogP contribution is 2.27. The van der Waals surface area contributed by atoms with Gasteiger partial charge in [0, 0.05) is 18.0 Å². The van der Waals surface area contributed by atoms with E-state index in [0.29, 0.717) is 35.2 Å². The summed E-state index contributed by atoms with van der Waals surface area (Å²) in [6.07, 6.45) is 3.38. The third kappa shape index (κ3) is 4.02. The maximum absolute atomic E-state index is 12.5. The minimum Gasteiger partial charge on any atom is -0.461 e. The average Bonchev–Trinajstić information content (AvgIpc) is 3.43. The second-order valence-electron chi connectivity index (χ2n) is 7.16. The second-order valence-corrected chi connectivity index (χ2v) is 8.10. The van der Waals surface area contributed by atoms with Crippen LogP contribution in [0.1, 0.15) is 16.8 Å². The van der Waals surface area contributed by atoms with Crippen LogP contribution < -0.4 is 5.56 Å². The van der Waals surface area contributed by atoms with Crippen molar-refractivity contribution in [1.82, 2.24) is 24.1 Å². The maximum Gasteiger partial charge on any atom is 0.258 e. The van der Waals surface area contributed by atoms with Crippen LogP contribution in [-0.2, 0) is 12.3 Å². The quantitative estimate of drug-likeness (QED) is 0.377. The molecule has 4 heterocycles. The molecule has 8 heteroatoms. The van der Waals surface area contributed by atoms with Gasteiger partial charge in [0.25, 0.3) is 5.56 Å². The Balaban J connectivity index is 1.47. The zero-order chi connectivity index (χ0) is 21.2. The van der Waals surface area contributed by atoms with Crippen molar-refractivity contribution in [1.29, 1.82) is 0 Å². The molecule has 31 heavy (non-hydrogen) atoms. The summed E-state index contributed by atoms with van der Waals surface area (Å²) >= 11 is 1.50. The monoisotopic (exact) mass is 429 g/mol. The third-order valence-electron chi connectivity index (χ3n) is 4.87. The van der Waals surface area contributed by atoms with Crippen molar-refractivity contribution in [3.63, 3.8) is 0 Å². The predicted octanol–water partition coefficient (Wildman–Crippen LogP) is 4.20. The predicted molar refractivity (Wildman–Crippen MR) is 119 cm³/mol. The van der Waals surface area contributed by atoms with E-state index in [0.717, 1.165) is 16.3 Å². The molecule has 0 unspecified atom stereocenters. The normalized spacial score (nSPS) is 11.3. The molecule has 0 saturated carbocycles. The van der Waals surface area contributed by atoms with Crippen molar-refractivity contribution in [2.75, 3.05) is 0 Å². The SMILES string of the molecule is Cc1ccn2c(=O)cc(CSc3nnc(-c4ccco4)n3Cc3ccccc3)nc2c1. The molecular formula is C23H19N5O2S. The van der Waals surface area contributed by atoms with E-state index in [4.69, 9.17) is 4.42 Å². The Morgan fingerprint density at radius 1 is 1.03 bits per heavy atom. The van der Waals surface area contributed by atoms with E-state index >= 15 is 0 Å². The fourth-order valence-electron chi connectivity index (χ4n) is 3.36. The lowest BCUT2D eigenvalue weighted by Gasteiger charge is -2.09. The molecule has 0 amide bonds. The molecule has 0 saturated heterocycles. The van der Waals surface area contributed by atoms with Crippen molar-refractivity contribution in [3.8, 4) is 11.6 Å². The molecular weight excluding hydrogens is 410 g/mol. The van der Waals surface area contributed by atoms with Crippen molar-refractivity contribution < 1.29 is 4.42 Å². The molecule has 0 aliphatic carbocycles. The minimum atomic E-state index is -0.0948. The molecule has 0 N–H and O–H groups in total. The summed E-state index contributed by atoms with van der Waals surface area (Å²) in [4.78, 5) is 17.1. The summed E-state index contributed by atoms with van der Waals surface area (Å²) in [5.41, 5.74) is 3.44. The minimum absolute atomic E-state index is 0.0948. The Labute approximate surface area is 182 Å². The van der Waals surface area contributed by atoms with Crippen LogP contribution in [0.4, 0.5) is 0 Å². The van der Waals surface area contributed by atoms with Crippen molar-refractivity contribution in [2.24, 2.45) is 0 Å². The first-order valence-electron chi connectivity index (χ1n) is 9.80. The fourth-order valence-corrected chi connectivity index (χ4v) is 4.19. The highest BCUT2D eigenvalue weighted by Gasteiger charge is 2.17. The molecule has 0 fully saturated rings. The maximum atomic E-state index is 12.5. The van der Waals surface area contributed by atoms with Crippen molar-refractivity contribution in [3.05, 3.63) is 100 Å². The lowest BCUT2D eigenvalue weighted by molar-refractivity contribution is 0.569. The lowest BCUT2D eigenvalue weighted by atomic mass is 10.2. The summed E-state index contributed by atoms with van der Waals surface area (Å²) in [6.45, 7) is 2.59. The molecule has 0 aliphatic rings. The van der Waals surface area contributed by atoms with E-state index in [2.05, 4.69) is 27.3 Å². The molecule has 0 radical (unpaired) electrons. The zero-order valence-corrected chi connectivity index (χ0v) is 17.6. The van der Waals surface area contributed by atoms with Gasteiger partial charge in [-0.05, 0) is 42.3 Å². The van der Waals surface area contributed by atoms with Crippen LogP contribution >= 0.6 is 11.8 Å². The highest BCUT2D eigenvalue weighted by atomic mass is 32.2. The molecule has 1 aromatic carbocycles. The van der Waals surface area contributed by atoms with Gasteiger partial charge >= 0.3 is 0 Å². The number of benzene rings is 1. The molecule has 0 aliphatic heterocycles. The van der Waals surface area contributed by atoms with Gasteiger partial charge in [-0.25, -0.2) is 4.98 Å². The van der Waals surface area contributed by atoms with Crippen LogP contribution in [0.3, 0.4) is 0 Å². The Morgan fingerprint density at radius 3 is 2.71 bits per heavy atom. The number of nitrogens with zero attached hydrogens (tertiary/aromatic N) is 5. The number of aromatic nitrogens is 5. The Morgan fingerprint density at radius 2 is 1.90 bits per heavy atom. The van der Waals surface area contributed by atoms with Crippen LogP contribution in [0.5, 0.6) is 0 Å². The van der Waals surface area contributed by atoms with E-state index in [-0.39, 0.29) is 5.56 Å². The number of hydrogen-bond acceptors (Lipinski definition) is 6. The van der Waals surface area contributed by atoms with E-state index in [9.17, 15) is 4.79 Å². The van der Waals surface area contributed by atoms with Gasteiger partial charge in [0.1, 0.15) is 5.65 Å². The zero-order valence-electron chi connectivity index (χ0n) is 16.8. The summed E-state index contributed by atoms with van der Waals surface area (Å²) in [6, 6.07) is 19.2. The first-order chi connectivity index (χ1) is 15.2. The topological polar surface area (TPSA) is 78.2 Å². The number of furan rings is 1. The van der Waals surface area contributed by atoms with Gasteiger partial charge < -0.3 is 4.42 Å². The van der Waals surface area contributed by atoms with E-state index in [1.54, 1.807) is 22.9 Å². The van der Waals surface area contributed by atoms with Gasteiger partial charge in [0.2, 0.25) is 5.82 Å². The highest BCUT2D eigenvalue weighted by molar-refractivity contribution is 7.98. The van der Waals surface area contributed by atoms with Gasteiger partial charge in [-0.3, -0.25) is 13.8 Å². The number of aryl methyl sites for hydroxylation is 1. The van der Waals surface area contributed by atoms with Gasteiger partial charge in [0.05, 0.1) is 18.5 Å². The molecule has 0 atom stereocenters. The second kappa shape index (κ2) is 8.23. The molecule has 0 spiro atoms. The Bertz CT molecular complexity index is 1390. The van der Waals surface area contributed by atoms with E-state index < -0.39 is 0 Å². The molecule has 4 aromatic heterocycles. The van der Waals surface area contributed by atoms with Crippen LogP contribution in [-0.4, -0.2) is 24.1 Å². The third-order valence-corrected chi connectivity index (χ3v) is 5.87. The van der Waals surface area contributed by atoms with Gasteiger partial charge in [-0.1, -0.05) is 42.1 Å². The Hall–Kier alpha value is -3.65. The number of hydrogen-bond donors (Lipinski definition) is 0. The first kappa shape index (κ1) is 19.3. The standard InChI is InChI=1S/C23H19N5O2S/c1-16-9-10-27-20(12-16)24-18(13-21(27)29)15-31-23-26-25-22(19-8-5-11-30-19)28(23)14-17-6-3-2-4-7-17/h2-13H,14-15H2,1H3. The molecule has 5 rings (SSSR count).